The Hall–Kier alpha value is -3.35. The molecule has 0 bridgehead atoms. The van der Waals surface area contributed by atoms with E-state index in [1.807, 2.05) is 24.4 Å². The van der Waals surface area contributed by atoms with Crippen LogP contribution in [0, 0.1) is 0 Å². The Kier molecular flexibility index (Phi) is 7.32. The van der Waals surface area contributed by atoms with Gasteiger partial charge >= 0.3 is 6.18 Å². The Morgan fingerprint density at radius 2 is 1.85 bits per heavy atom. The Labute approximate surface area is 227 Å². The number of halogens is 3. The number of alkyl halides is 3. The summed E-state index contributed by atoms with van der Waals surface area (Å²) in [5.74, 6) is 0.801. The average molecular weight is 557 g/mol. The minimum Gasteiger partial charge on any atom is -0.492 e. The van der Waals surface area contributed by atoms with Gasteiger partial charge in [0.15, 0.2) is 10.8 Å². The summed E-state index contributed by atoms with van der Waals surface area (Å²) in [6.45, 7) is 3.90. The van der Waals surface area contributed by atoms with E-state index in [1.165, 1.54) is 11.3 Å². The highest BCUT2D eigenvalue weighted by Crippen LogP contribution is 2.41. The molecule has 0 saturated carbocycles. The third-order valence-electron chi connectivity index (χ3n) is 6.83. The quantitative estimate of drug-likeness (QED) is 0.321. The summed E-state index contributed by atoms with van der Waals surface area (Å²) in [7, 11) is 0. The average Bonchev–Trinajstić information content (AvgIpc) is 3.51. The molecule has 2 aliphatic rings. The lowest BCUT2D eigenvalue weighted by Gasteiger charge is -2.26. The van der Waals surface area contributed by atoms with Crippen LogP contribution in [0.5, 0.6) is 5.75 Å². The molecule has 5 heterocycles. The van der Waals surface area contributed by atoms with Crippen molar-refractivity contribution in [2.45, 2.75) is 32.0 Å². The zero-order valence-corrected chi connectivity index (χ0v) is 22.0. The van der Waals surface area contributed by atoms with E-state index in [0.29, 0.717) is 29.5 Å². The van der Waals surface area contributed by atoms with Gasteiger partial charge in [0, 0.05) is 47.4 Å². The van der Waals surface area contributed by atoms with Crippen LogP contribution in [0.3, 0.4) is 0 Å². The second kappa shape index (κ2) is 11.0. The van der Waals surface area contributed by atoms with Gasteiger partial charge < -0.3 is 9.47 Å². The molecular formula is C27H27F3N6O2S. The predicted octanol–water partition coefficient (Wildman–Crippen LogP) is 4.89. The van der Waals surface area contributed by atoms with Crippen LogP contribution >= 0.6 is 11.3 Å². The van der Waals surface area contributed by atoms with Crippen LogP contribution in [0.1, 0.15) is 17.0 Å². The number of morpholine rings is 1. The van der Waals surface area contributed by atoms with E-state index in [-0.39, 0.29) is 5.82 Å². The molecule has 0 spiro atoms. The molecule has 0 amide bonds. The molecule has 0 aliphatic carbocycles. The van der Waals surface area contributed by atoms with Gasteiger partial charge in [0.25, 0.3) is 0 Å². The second-order valence-electron chi connectivity index (χ2n) is 9.55. The van der Waals surface area contributed by atoms with Crippen molar-refractivity contribution in [3.8, 4) is 39.0 Å². The molecular weight excluding hydrogens is 529 g/mol. The van der Waals surface area contributed by atoms with Crippen molar-refractivity contribution in [1.29, 1.82) is 0 Å². The fraction of sp³-hybridized carbons (Fsp3) is 0.407. The number of ether oxygens (including phenoxy) is 2. The van der Waals surface area contributed by atoms with Crippen LogP contribution in [0.2, 0.25) is 0 Å². The van der Waals surface area contributed by atoms with Crippen LogP contribution in [-0.4, -0.2) is 75.3 Å². The Morgan fingerprint density at radius 1 is 1.00 bits per heavy atom. The maximum Gasteiger partial charge on any atom is 0.408 e. The number of aromatic nitrogens is 5. The summed E-state index contributed by atoms with van der Waals surface area (Å²) in [4.78, 5) is 16.8. The Morgan fingerprint density at radius 3 is 2.64 bits per heavy atom. The molecule has 4 aromatic rings. The number of hydrogen-bond donors (Lipinski definition) is 0. The van der Waals surface area contributed by atoms with Crippen LogP contribution in [-0.2, 0) is 24.1 Å². The third kappa shape index (κ3) is 5.97. The molecule has 3 aromatic heterocycles. The SMILES string of the molecule is FC(F)(F)Cn1ncnc1-c1nc2c(s1)CCOc1cc(-c3ccc(CCCN4CCOCC4)nc3)ccc1-2. The number of aryl methyl sites for hydroxylation is 1. The van der Waals surface area contributed by atoms with Gasteiger partial charge in [-0.05, 0) is 43.1 Å². The number of rotatable bonds is 7. The molecule has 0 radical (unpaired) electrons. The van der Waals surface area contributed by atoms with Crippen molar-refractivity contribution in [1.82, 2.24) is 29.6 Å². The maximum absolute atomic E-state index is 13.0. The molecule has 6 rings (SSSR count). The van der Waals surface area contributed by atoms with Crippen molar-refractivity contribution in [3.05, 3.63) is 53.4 Å². The van der Waals surface area contributed by atoms with Gasteiger partial charge in [0.05, 0.1) is 25.5 Å². The van der Waals surface area contributed by atoms with Gasteiger partial charge in [0.1, 0.15) is 18.6 Å². The molecule has 39 heavy (non-hydrogen) atoms. The van der Waals surface area contributed by atoms with Crippen molar-refractivity contribution in [2.75, 3.05) is 39.5 Å². The fourth-order valence-corrected chi connectivity index (χ4v) is 5.92. The Bertz CT molecular complexity index is 1430. The predicted molar refractivity (Wildman–Crippen MR) is 141 cm³/mol. The number of fused-ring (bicyclic) bond motifs is 3. The highest BCUT2D eigenvalue weighted by Gasteiger charge is 2.31. The fourth-order valence-electron chi connectivity index (χ4n) is 4.86. The first-order valence-electron chi connectivity index (χ1n) is 12.9. The van der Waals surface area contributed by atoms with Crippen molar-refractivity contribution >= 4 is 11.3 Å². The van der Waals surface area contributed by atoms with E-state index < -0.39 is 12.7 Å². The Balaban J connectivity index is 1.18. The second-order valence-corrected chi connectivity index (χ2v) is 10.6. The minimum absolute atomic E-state index is 0.112. The zero-order chi connectivity index (χ0) is 26.8. The van der Waals surface area contributed by atoms with E-state index in [9.17, 15) is 13.2 Å². The first kappa shape index (κ1) is 25.9. The normalized spacial score (nSPS) is 15.9. The first-order chi connectivity index (χ1) is 18.9. The van der Waals surface area contributed by atoms with Crippen molar-refractivity contribution in [2.24, 2.45) is 0 Å². The molecule has 1 saturated heterocycles. The summed E-state index contributed by atoms with van der Waals surface area (Å²) in [6, 6.07) is 10.1. The lowest BCUT2D eigenvalue weighted by atomic mass is 10.0. The van der Waals surface area contributed by atoms with Gasteiger partial charge in [-0.2, -0.15) is 18.3 Å². The van der Waals surface area contributed by atoms with Gasteiger partial charge in [0.2, 0.25) is 0 Å². The standard InChI is InChI=1S/C27H27F3N6O2S/c28-27(29,30)16-36-25(32-17-33-36)26-34-24-21-6-4-18(14-22(21)38-11-7-23(24)39-26)19-3-5-20(31-15-19)2-1-8-35-9-12-37-13-10-35/h3-6,14-15,17H,1-2,7-13,16H2. The monoisotopic (exact) mass is 556 g/mol. The zero-order valence-electron chi connectivity index (χ0n) is 21.2. The molecule has 204 valence electrons. The van der Waals surface area contributed by atoms with Gasteiger partial charge in [-0.15, -0.1) is 11.3 Å². The molecule has 8 nitrogen and oxygen atoms in total. The van der Waals surface area contributed by atoms with Gasteiger partial charge in [-0.1, -0.05) is 12.1 Å². The highest BCUT2D eigenvalue weighted by molar-refractivity contribution is 7.15. The van der Waals surface area contributed by atoms with E-state index in [0.717, 1.165) is 84.0 Å². The molecule has 12 heteroatoms. The molecule has 1 fully saturated rings. The number of benzene rings is 1. The largest absolute Gasteiger partial charge is 0.492 e. The van der Waals surface area contributed by atoms with Crippen LogP contribution in [0.15, 0.2) is 42.9 Å². The molecule has 1 aromatic carbocycles. The number of nitrogens with zero attached hydrogens (tertiary/aromatic N) is 6. The summed E-state index contributed by atoms with van der Waals surface area (Å²) in [5.41, 5.74) is 4.55. The lowest BCUT2D eigenvalue weighted by molar-refractivity contribution is -0.142. The molecule has 2 aliphatic heterocycles. The van der Waals surface area contributed by atoms with E-state index in [2.05, 4.69) is 37.1 Å². The van der Waals surface area contributed by atoms with E-state index >= 15 is 0 Å². The van der Waals surface area contributed by atoms with Crippen molar-refractivity contribution in [3.63, 3.8) is 0 Å². The van der Waals surface area contributed by atoms with Crippen molar-refractivity contribution < 1.29 is 22.6 Å². The van der Waals surface area contributed by atoms with Crippen LogP contribution in [0.4, 0.5) is 13.2 Å². The summed E-state index contributed by atoms with van der Waals surface area (Å²) >= 11 is 1.33. The van der Waals surface area contributed by atoms with Gasteiger partial charge in [-0.25, -0.2) is 14.6 Å². The van der Waals surface area contributed by atoms with Crippen LogP contribution < -0.4 is 4.74 Å². The molecule has 0 N–H and O–H groups in total. The summed E-state index contributed by atoms with van der Waals surface area (Å²) in [5, 5.41) is 4.16. The third-order valence-corrected chi connectivity index (χ3v) is 7.94. The summed E-state index contributed by atoms with van der Waals surface area (Å²) in [6.07, 6.45) is 1.21. The first-order valence-corrected chi connectivity index (χ1v) is 13.7. The molecule has 0 atom stereocenters. The summed E-state index contributed by atoms with van der Waals surface area (Å²) < 4.78 is 51.3. The molecule has 0 unspecified atom stereocenters. The number of pyridine rings is 1. The smallest absolute Gasteiger partial charge is 0.408 e. The highest BCUT2D eigenvalue weighted by atomic mass is 32.1. The topological polar surface area (TPSA) is 78.2 Å². The number of hydrogen-bond acceptors (Lipinski definition) is 8. The number of thiazole rings is 1. The lowest BCUT2D eigenvalue weighted by Crippen LogP contribution is -2.36. The van der Waals surface area contributed by atoms with Gasteiger partial charge in [-0.3, -0.25) is 9.88 Å². The van der Waals surface area contributed by atoms with E-state index in [1.54, 1.807) is 0 Å². The maximum atomic E-state index is 13.0. The minimum atomic E-state index is -4.40. The van der Waals surface area contributed by atoms with E-state index in [4.69, 9.17) is 9.47 Å². The van der Waals surface area contributed by atoms with Crippen LogP contribution in [0.25, 0.3) is 33.2 Å².